The van der Waals surface area contributed by atoms with Crippen molar-refractivity contribution in [2.24, 2.45) is 10.9 Å². The maximum atomic E-state index is 5.93. The molecule has 2 atom stereocenters. The normalized spacial score (nSPS) is 19.5. The van der Waals surface area contributed by atoms with Crippen LogP contribution in [0, 0.1) is 5.92 Å². The Hall–Kier alpha value is -1.95. The lowest BCUT2D eigenvalue weighted by molar-refractivity contribution is 0.223. The van der Waals surface area contributed by atoms with Crippen LogP contribution >= 0.6 is 0 Å². The number of likely N-dealkylation sites (tertiary alicyclic amines) is 1. The number of benzene rings is 1. The molecule has 0 saturated carbocycles. The fraction of sp³-hybridized carbons (Fsp3) is 0.632. The lowest BCUT2D eigenvalue weighted by Gasteiger charge is -2.19. The van der Waals surface area contributed by atoms with Crippen LogP contribution in [0.3, 0.4) is 0 Å². The Morgan fingerprint density at radius 1 is 1.36 bits per heavy atom. The quantitative estimate of drug-likeness (QED) is 0.556. The van der Waals surface area contributed by atoms with Crippen molar-refractivity contribution < 1.29 is 9.47 Å². The van der Waals surface area contributed by atoms with Crippen molar-refractivity contribution in [3.63, 3.8) is 0 Å². The maximum absolute atomic E-state index is 5.93. The number of hydrogen-bond donors (Lipinski definition) is 2. The van der Waals surface area contributed by atoms with Crippen molar-refractivity contribution in [2.45, 2.75) is 26.4 Å². The molecule has 25 heavy (non-hydrogen) atoms. The van der Waals surface area contributed by atoms with Gasteiger partial charge in [-0.2, -0.15) is 0 Å². The van der Waals surface area contributed by atoms with Crippen LogP contribution in [0.4, 0.5) is 0 Å². The number of aliphatic imine (C=N–C) groups is 1. The Balaban J connectivity index is 1.70. The summed E-state index contributed by atoms with van der Waals surface area (Å²) in [5.41, 5.74) is 0. The summed E-state index contributed by atoms with van der Waals surface area (Å²) in [5, 5.41) is 6.77. The van der Waals surface area contributed by atoms with E-state index in [9.17, 15) is 0 Å². The monoisotopic (exact) mass is 348 g/mol. The Labute approximate surface area is 151 Å². The van der Waals surface area contributed by atoms with Crippen molar-refractivity contribution in [3.05, 3.63) is 24.3 Å². The zero-order valence-corrected chi connectivity index (χ0v) is 15.9. The van der Waals surface area contributed by atoms with E-state index in [0.717, 1.165) is 30.5 Å². The molecule has 2 N–H and O–H groups in total. The minimum Gasteiger partial charge on any atom is -0.497 e. The zero-order valence-electron chi connectivity index (χ0n) is 15.9. The molecule has 1 aliphatic heterocycles. The summed E-state index contributed by atoms with van der Waals surface area (Å²) in [4.78, 5) is 6.79. The van der Waals surface area contributed by atoms with Gasteiger partial charge in [-0.25, -0.2) is 0 Å². The molecule has 1 saturated heterocycles. The second-order valence-corrected chi connectivity index (χ2v) is 6.49. The molecule has 0 amide bonds. The third-order valence-electron chi connectivity index (χ3n) is 4.53. The van der Waals surface area contributed by atoms with Gasteiger partial charge in [0.1, 0.15) is 17.6 Å². The summed E-state index contributed by atoms with van der Waals surface area (Å²) in [6.45, 7) is 9.43. The van der Waals surface area contributed by atoms with Gasteiger partial charge in [0.2, 0.25) is 0 Å². The number of guanidine groups is 1. The van der Waals surface area contributed by atoms with Crippen molar-refractivity contribution in [1.82, 2.24) is 15.5 Å². The molecule has 1 aliphatic rings. The van der Waals surface area contributed by atoms with Gasteiger partial charge in [-0.1, -0.05) is 13.0 Å². The van der Waals surface area contributed by atoms with Crippen LogP contribution in [0.1, 0.15) is 20.3 Å². The van der Waals surface area contributed by atoms with Crippen molar-refractivity contribution in [2.75, 3.05) is 46.9 Å². The highest BCUT2D eigenvalue weighted by atomic mass is 16.5. The standard InChI is InChI=1S/C19H32N4O2/c1-5-23-10-9-16(14-23)13-22-19(20-3)21-12-15(2)25-18-8-6-7-17(11-18)24-4/h6-8,11,15-16H,5,9-10,12-14H2,1-4H3,(H2,20,21,22). The SMILES string of the molecule is CCN1CCC(CNC(=NC)NCC(C)Oc2cccc(OC)c2)C1. The summed E-state index contributed by atoms with van der Waals surface area (Å²) in [6, 6.07) is 7.66. The van der Waals surface area contributed by atoms with E-state index in [2.05, 4.69) is 27.4 Å². The smallest absolute Gasteiger partial charge is 0.191 e. The third kappa shape index (κ3) is 6.46. The van der Waals surface area contributed by atoms with Crippen LogP contribution in [0.25, 0.3) is 0 Å². The molecule has 2 unspecified atom stereocenters. The third-order valence-corrected chi connectivity index (χ3v) is 4.53. The first-order valence-electron chi connectivity index (χ1n) is 9.12. The number of nitrogens with one attached hydrogen (secondary N) is 2. The van der Waals surface area contributed by atoms with E-state index in [4.69, 9.17) is 9.47 Å². The summed E-state index contributed by atoms with van der Waals surface area (Å²) in [7, 11) is 3.46. The average Bonchev–Trinajstić information content (AvgIpc) is 3.10. The molecule has 0 bridgehead atoms. The molecule has 0 aliphatic carbocycles. The van der Waals surface area contributed by atoms with E-state index < -0.39 is 0 Å². The topological polar surface area (TPSA) is 58.1 Å². The minimum atomic E-state index is 0.0210. The summed E-state index contributed by atoms with van der Waals surface area (Å²) >= 11 is 0. The van der Waals surface area contributed by atoms with Crippen LogP contribution in [0.5, 0.6) is 11.5 Å². The highest BCUT2D eigenvalue weighted by molar-refractivity contribution is 5.79. The van der Waals surface area contributed by atoms with Gasteiger partial charge in [-0.3, -0.25) is 4.99 Å². The van der Waals surface area contributed by atoms with Gasteiger partial charge < -0.3 is 25.0 Å². The highest BCUT2D eigenvalue weighted by Gasteiger charge is 2.21. The number of methoxy groups -OCH3 is 1. The molecular weight excluding hydrogens is 316 g/mol. The molecular formula is C19H32N4O2. The number of rotatable bonds is 8. The molecule has 6 heteroatoms. The van der Waals surface area contributed by atoms with Crippen molar-refractivity contribution in [3.8, 4) is 11.5 Å². The Kier molecular flexibility index (Phi) is 7.85. The molecule has 0 aromatic heterocycles. The van der Waals surface area contributed by atoms with Gasteiger partial charge in [0.05, 0.1) is 13.7 Å². The second-order valence-electron chi connectivity index (χ2n) is 6.49. The predicted octanol–water partition coefficient (Wildman–Crippen LogP) is 1.97. The van der Waals surface area contributed by atoms with Gasteiger partial charge in [0.15, 0.2) is 5.96 Å². The van der Waals surface area contributed by atoms with Crippen LogP contribution in [0.15, 0.2) is 29.3 Å². The summed E-state index contributed by atoms with van der Waals surface area (Å²) < 4.78 is 11.1. The molecule has 1 aromatic rings. The largest absolute Gasteiger partial charge is 0.497 e. The van der Waals surface area contributed by atoms with Crippen LogP contribution < -0.4 is 20.1 Å². The van der Waals surface area contributed by atoms with E-state index >= 15 is 0 Å². The van der Waals surface area contributed by atoms with Crippen LogP contribution in [-0.4, -0.2) is 63.8 Å². The summed E-state index contributed by atoms with van der Waals surface area (Å²) in [6.07, 6.45) is 1.28. The van der Waals surface area contributed by atoms with Crippen molar-refractivity contribution in [1.29, 1.82) is 0 Å². The molecule has 1 heterocycles. The van der Waals surface area contributed by atoms with Crippen LogP contribution in [-0.2, 0) is 0 Å². The lowest BCUT2D eigenvalue weighted by Crippen LogP contribution is -2.43. The number of ether oxygens (including phenoxy) is 2. The first-order valence-corrected chi connectivity index (χ1v) is 9.12. The van der Waals surface area contributed by atoms with E-state index in [1.165, 1.54) is 19.5 Å². The fourth-order valence-electron chi connectivity index (χ4n) is 3.02. The summed E-state index contributed by atoms with van der Waals surface area (Å²) in [5.74, 6) is 3.13. The molecule has 1 fully saturated rings. The molecule has 2 rings (SSSR count). The molecule has 6 nitrogen and oxygen atoms in total. The first kappa shape index (κ1) is 19.4. The zero-order chi connectivity index (χ0) is 18.1. The van der Waals surface area contributed by atoms with Gasteiger partial charge in [0, 0.05) is 26.2 Å². The van der Waals surface area contributed by atoms with E-state index in [0.29, 0.717) is 12.5 Å². The van der Waals surface area contributed by atoms with Gasteiger partial charge >= 0.3 is 0 Å². The highest BCUT2D eigenvalue weighted by Crippen LogP contribution is 2.19. The maximum Gasteiger partial charge on any atom is 0.191 e. The average molecular weight is 348 g/mol. The number of nitrogens with zero attached hydrogens (tertiary/aromatic N) is 2. The van der Waals surface area contributed by atoms with Gasteiger partial charge in [-0.05, 0) is 44.5 Å². The minimum absolute atomic E-state index is 0.0210. The molecule has 140 valence electrons. The van der Waals surface area contributed by atoms with Crippen LogP contribution in [0.2, 0.25) is 0 Å². The Morgan fingerprint density at radius 2 is 2.16 bits per heavy atom. The van der Waals surface area contributed by atoms with Gasteiger partial charge in [0.25, 0.3) is 0 Å². The number of hydrogen-bond acceptors (Lipinski definition) is 4. The van der Waals surface area contributed by atoms with Crippen molar-refractivity contribution >= 4 is 5.96 Å². The lowest BCUT2D eigenvalue weighted by atomic mass is 10.1. The predicted molar refractivity (Wildman–Crippen MR) is 103 cm³/mol. The molecule has 0 spiro atoms. The van der Waals surface area contributed by atoms with Gasteiger partial charge in [-0.15, -0.1) is 0 Å². The Morgan fingerprint density at radius 3 is 2.84 bits per heavy atom. The van der Waals surface area contributed by atoms with E-state index in [-0.39, 0.29) is 6.10 Å². The van der Waals surface area contributed by atoms with E-state index in [1.54, 1.807) is 14.2 Å². The van der Waals surface area contributed by atoms with E-state index in [1.807, 2.05) is 31.2 Å². The first-order chi connectivity index (χ1) is 12.1. The molecule has 1 aromatic carbocycles. The molecule has 0 radical (unpaired) electrons. The fourth-order valence-corrected chi connectivity index (χ4v) is 3.02. The second kappa shape index (κ2) is 10.1. The Bertz CT molecular complexity index is 550.